The number of fused-ring (bicyclic) bond motifs is 1. The number of nitrogens with zero attached hydrogens (tertiary/aromatic N) is 3. The SMILES string of the molecule is COC(C)c1ccc(-c2[nH]nc3ncnc(N)c23)cc1. The van der Waals surface area contributed by atoms with Crippen molar-refractivity contribution in [1.82, 2.24) is 20.2 Å². The van der Waals surface area contributed by atoms with Gasteiger partial charge in [0.25, 0.3) is 0 Å². The molecule has 0 bridgehead atoms. The summed E-state index contributed by atoms with van der Waals surface area (Å²) < 4.78 is 5.30. The van der Waals surface area contributed by atoms with Crippen LogP contribution in [0.2, 0.25) is 0 Å². The van der Waals surface area contributed by atoms with Gasteiger partial charge >= 0.3 is 0 Å². The molecule has 0 spiro atoms. The molecular formula is C14H15N5O. The van der Waals surface area contributed by atoms with Crippen molar-refractivity contribution in [2.24, 2.45) is 0 Å². The fourth-order valence-electron chi connectivity index (χ4n) is 2.14. The van der Waals surface area contributed by atoms with Crippen molar-refractivity contribution in [3.05, 3.63) is 36.2 Å². The Bertz CT molecular complexity index is 735. The molecule has 1 atom stereocenters. The number of methoxy groups -OCH3 is 1. The minimum atomic E-state index is 0.0657. The first-order valence-electron chi connectivity index (χ1n) is 6.28. The Balaban J connectivity index is 2.07. The summed E-state index contributed by atoms with van der Waals surface area (Å²) in [5, 5.41) is 7.87. The van der Waals surface area contributed by atoms with Gasteiger partial charge < -0.3 is 10.5 Å². The molecule has 1 unspecified atom stereocenters. The van der Waals surface area contributed by atoms with E-state index < -0.39 is 0 Å². The first-order valence-corrected chi connectivity index (χ1v) is 6.28. The lowest BCUT2D eigenvalue weighted by molar-refractivity contribution is 0.119. The van der Waals surface area contributed by atoms with Crippen LogP contribution in [-0.2, 0) is 4.74 Å². The summed E-state index contributed by atoms with van der Waals surface area (Å²) >= 11 is 0. The summed E-state index contributed by atoms with van der Waals surface area (Å²) in [6, 6.07) is 8.06. The monoisotopic (exact) mass is 269 g/mol. The van der Waals surface area contributed by atoms with Gasteiger partial charge in [-0.15, -0.1) is 0 Å². The van der Waals surface area contributed by atoms with E-state index in [9.17, 15) is 0 Å². The van der Waals surface area contributed by atoms with Gasteiger partial charge in [0.1, 0.15) is 12.1 Å². The molecule has 0 aliphatic rings. The second-order valence-electron chi connectivity index (χ2n) is 4.56. The second-order valence-corrected chi connectivity index (χ2v) is 4.56. The number of hydrogen-bond donors (Lipinski definition) is 2. The fraction of sp³-hybridized carbons (Fsp3) is 0.214. The normalized spacial score (nSPS) is 12.7. The Hall–Kier alpha value is -2.47. The molecule has 0 saturated heterocycles. The zero-order valence-corrected chi connectivity index (χ0v) is 11.3. The van der Waals surface area contributed by atoms with Gasteiger partial charge in [0.05, 0.1) is 17.2 Å². The van der Waals surface area contributed by atoms with Gasteiger partial charge in [-0.3, -0.25) is 5.10 Å². The van der Waals surface area contributed by atoms with Crippen molar-refractivity contribution >= 4 is 16.9 Å². The average Bonchev–Trinajstić information content (AvgIpc) is 2.92. The number of nitrogen functional groups attached to an aromatic ring is 1. The smallest absolute Gasteiger partial charge is 0.186 e. The van der Waals surface area contributed by atoms with Gasteiger partial charge in [0.2, 0.25) is 0 Å². The number of nitrogens with one attached hydrogen (secondary N) is 1. The summed E-state index contributed by atoms with van der Waals surface area (Å²) in [6.07, 6.45) is 1.47. The van der Waals surface area contributed by atoms with Crippen molar-refractivity contribution in [2.45, 2.75) is 13.0 Å². The maximum atomic E-state index is 5.91. The minimum absolute atomic E-state index is 0.0657. The molecule has 0 amide bonds. The Morgan fingerprint density at radius 2 is 1.95 bits per heavy atom. The van der Waals surface area contributed by atoms with Crippen LogP contribution in [0.25, 0.3) is 22.3 Å². The van der Waals surface area contributed by atoms with Gasteiger partial charge in [-0.1, -0.05) is 24.3 Å². The predicted octanol–water partition coefficient (Wildman–Crippen LogP) is 2.31. The van der Waals surface area contributed by atoms with Crippen LogP contribution in [0.5, 0.6) is 0 Å². The number of aromatic amines is 1. The molecule has 0 fully saturated rings. The zero-order valence-electron chi connectivity index (χ0n) is 11.3. The van der Waals surface area contributed by atoms with E-state index in [1.54, 1.807) is 7.11 Å². The molecule has 0 aliphatic heterocycles. The van der Waals surface area contributed by atoms with Crippen LogP contribution >= 0.6 is 0 Å². The van der Waals surface area contributed by atoms with Crippen LogP contribution in [0, 0.1) is 0 Å². The molecule has 0 radical (unpaired) electrons. The quantitative estimate of drug-likeness (QED) is 0.761. The van der Waals surface area contributed by atoms with E-state index in [-0.39, 0.29) is 6.10 Å². The lowest BCUT2D eigenvalue weighted by Crippen LogP contribution is -1.95. The van der Waals surface area contributed by atoms with E-state index >= 15 is 0 Å². The van der Waals surface area contributed by atoms with Crippen molar-refractivity contribution in [3.8, 4) is 11.3 Å². The van der Waals surface area contributed by atoms with E-state index in [1.165, 1.54) is 6.33 Å². The van der Waals surface area contributed by atoms with E-state index in [2.05, 4.69) is 20.2 Å². The largest absolute Gasteiger partial charge is 0.383 e. The highest BCUT2D eigenvalue weighted by Gasteiger charge is 2.12. The maximum absolute atomic E-state index is 5.91. The van der Waals surface area contributed by atoms with Gasteiger partial charge in [-0.05, 0) is 12.5 Å². The third kappa shape index (κ3) is 2.00. The molecular weight excluding hydrogens is 254 g/mol. The van der Waals surface area contributed by atoms with Crippen molar-refractivity contribution in [2.75, 3.05) is 12.8 Å². The summed E-state index contributed by atoms with van der Waals surface area (Å²) in [5.41, 5.74) is 9.41. The summed E-state index contributed by atoms with van der Waals surface area (Å²) in [6.45, 7) is 2.01. The number of aromatic nitrogens is 4. The number of rotatable bonds is 3. The average molecular weight is 269 g/mol. The Morgan fingerprint density at radius 3 is 2.65 bits per heavy atom. The summed E-state index contributed by atoms with van der Waals surface area (Å²) in [5.74, 6) is 0.424. The topological polar surface area (TPSA) is 89.7 Å². The maximum Gasteiger partial charge on any atom is 0.186 e. The number of anilines is 1. The summed E-state index contributed by atoms with van der Waals surface area (Å²) in [7, 11) is 1.69. The van der Waals surface area contributed by atoms with Gasteiger partial charge in [0.15, 0.2) is 5.65 Å². The van der Waals surface area contributed by atoms with Gasteiger partial charge in [0, 0.05) is 12.7 Å². The standard InChI is InChI=1S/C14H15N5O/c1-8(20-2)9-3-5-10(6-4-9)12-11-13(15)16-7-17-14(11)19-18-12/h3-8H,1-2H3,(H3,15,16,17,18,19). The molecule has 6 nitrogen and oxygen atoms in total. The van der Waals surface area contributed by atoms with Crippen LogP contribution in [-0.4, -0.2) is 27.3 Å². The van der Waals surface area contributed by atoms with E-state index in [0.29, 0.717) is 11.5 Å². The lowest BCUT2D eigenvalue weighted by Gasteiger charge is -2.10. The number of H-pyrrole nitrogens is 1. The Morgan fingerprint density at radius 1 is 1.20 bits per heavy atom. The molecule has 20 heavy (non-hydrogen) atoms. The molecule has 6 heteroatoms. The molecule has 0 saturated carbocycles. The highest BCUT2D eigenvalue weighted by Crippen LogP contribution is 2.29. The number of hydrogen-bond acceptors (Lipinski definition) is 5. The third-order valence-corrected chi connectivity index (χ3v) is 3.40. The highest BCUT2D eigenvalue weighted by molar-refractivity contribution is 5.97. The number of benzene rings is 1. The molecule has 0 aliphatic carbocycles. The van der Waals surface area contributed by atoms with Crippen LogP contribution in [0.15, 0.2) is 30.6 Å². The molecule has 1 aromatic carbocycles. The second kappa shape index (κ2) is 4.90. The molecule has 3 rings (SSSR count). The van der Waals surface area contributed by atoms with Crippen LogP contribution in [0.3, 0.4) is 0 Å². The number of ether oxygens (including phenoxy) is 1. The molecule has 2 heterocycles. The summed E-state index contributed by atoms with van der Waals surface area (Å²) in [4.78, 5) is 8.11. The number of nitrogens with two attached hydrogens (primary N) is 1. The highest BCUT2D eigenvalue weighted by atomic mass is 16.5. The van der Waals surface area contributed by atoms with E-state index in [0.717, 1.165) is 22.2 Å². The third-order valence-electron chi connectivity index (χ3n) is 3.40. The van der Waals surface area contributed by atoms with Crippen LogP contribution < -0.4 is 5.73 Å². The zero-order chi connectivity index (χ0) is 14.1. The van der Waals surface area contributed by atoms with Gasteiger partial charge in [-0.2, -0.15) is 5.10 Å². The Labute approximate surface area is 116 Å². The van der Waals surface area contributed by atoms with E-state index in [1.807, 2.05) is 31.2 Å². The van der Waals surface area contributed by atoms with Crippen LogP contribution in [0.4, 0.5) is 5.82 Å². The Kier molecular flexibility index (Phi) is 3.08. The fourth-order valence-corrected chi connectivity index (χ4v) is 2.14. The van der Waals surface area contributed by atoms with Gasteiger partial charge in [-0.25, -0.2) is 9.97 Å². The van der Waals surface area contributed by atoms with Crippen molar-refractivity contribution in [1.29, 1.82) is 0 Å². The first kappa shape index (κ1) is 12.6. The van der Waals surface area contributed by atoms with E-state index in [4.69, 9.17) is 10.5 Å². The molecule has 102 valence electrons. The lowest BCUT2D eigenvalue weighted by atomic mass is 10.0. The first-order chi connectivity index (χ1) is 9.70. The molecule has 2 aromatic heterocycles. The van der Waals surface area contributed by atoms with Crippen molar-refractivity contribution in [3.63, 3.8) is 0 Å². The molecule has 3 aromatic rings. The van der Waals surface area contributed by atoms with Crippen molar-refractivity contribution < 1.29 is 4.74 Å². The minimum Gasteiger partial charge on any atom is -0.383 e. The van der Waals surface area contributed by atoms with Crippen LogP contribution in [0.1, 0.15) is 18.6 Å². The predicted molar refractivity (Wildman–Crippen MR) is 77.0 cm³/mol. The molecule has 3 N–H and O–H groups in total.